The summed E-state index contributed by atoms with van der Waals surface area (Å²) in [6, 6.07) is 0. The van der Waals surface area contributed by atoms with Crippen LogP contribution in [0.5, 0.6) is 0 Å². The first-order valence-corrected chi connectivity index (χ1v) is 5.57. The van der Waals surface area contributed by atoms with Gasteiger partial charge in [0.1, 0.15) is 5.82 Å². The second-order valence-corrected chi connectivity index (χ2v) is 4.17. The normalized spacial score (nSPS) is 16.9. The van der Waals surface area contributed by atoms with Crippen LogP contribution < -0.4 is 4.90 Å². The van der Waals surface area contributed by atoms with E-state index in [1.807, 2.05) is 18.7 Å². The number of hydrogen-bond acceptors (Lipinski definition) is 3. The predicted molar refractivity (Wildman–Crippen MR) is 60.5 cm³/mol. The number of aromatic nitrogens is 2. The van der Waals surface area contributed by atoms with Crippen molar-refractivity contribution in [2.45, 2.75) is 18.9 Å². The molecule has 0 N–H and O–H groups in total. The number of alkyl halides is 1. The average Bonchev–Trinajstić information content (AvgIpc) is 2.40. The van der Waals surface area contributed by atoms with Crippen molar-refractivity contribution in [2.24, 2.45) is 7.05 Å². The van der Waals surface area contributed by atoms with Gasteiger partial charge in [-0.2, -0.15) is 5.10 Å². The Balaban J connectivity index is 2.21. The minimum absolute atomic E-state index is 0.350. The SMILES string of the molecule is COC1CN(c2c(CCl)c(C)nn2C)C1. The lowest BCUT2D eigenvalue weighted by Gasteiger charge is -2.40. The highest BCUT2D eigenvalue weighted by molar-refractivity contribution is 6.17. The Kier molecular flexibility index (Phi) is 2.89. The summed E-state index contributed by atoms with van der Waals surface area (Å²) >= 11 is 5.93. The highest BCUT2D eigenvalue weighted by atomic mass is 35.5. The summed E-state index contributed by atoms with van der Waals surface area (Å²) in [6.45, 7) is 3.85. The van der Waals surface area contributed by atoms with E-state index >= 15 is 0 Å². The van der Waals surface area contributed by atoms with Crippen LogP contribution in [0.15, 0.2) is 0 Å². The maximum atomic E-state index is 5.93. The number of rotatable bonds is 3. The summed E-state index contributed by atoms with van der Waals surface area (Å²) in [4.78, 5) is 2.26. The summed E-state index contributed by atoms with van der Waals surface area (Å²) in [5, 5.41) is 4.39. The summed E-state index contributed by atoms with van der Waals surface area (Å²) < 4.78 is 7.16. The van der Waals surface area contributed by atoms with Gasteiger partial charge in [-0.25, -0.2) is 0 Å². The minimum Gasteiger partial charge on any atom is -0.378 e. The Morgan fingerprint density at radius 2 is 2.20 bits per heavy atom. The van der Waals surface area contributed by atoms with Crippen molar-refractivity contribution in [1.29, 1.82) is 0 Å². The molecule has 84 valence electrons. The first kappa shape index (κ1) is 10.8. The van der Waals surface area contributed by atoms with Crippen molar-refractivity contribution >= 4 is 17.4 Å². The lowest BCUT2D eigenvalue weighted by molar-refractivity contribution is 0.0778. The van der Waals surface area contributed by atoms with Crippen molar-refractivity contribution in [3.8, 4) is 0 Å². The van der Waals surface area contributed by atoms with Crippen molar-refractivity contribution in [3.05, 3.63) is 11.3 Å². The van der Waals surface area contributed by atoms with Gasteiger partial charge >= 0.3 is 0 Å². The van der Waals surface area contributed by atoms with Crippen LogP contribution in [0.3, 0.4) is 0 Å². The minimum atomic E-state index is 0.350. The van der Waals surface area contributed by atoms with E-state index in [-0.39, 0.29) is 0 Å². The van der Waals surface area contributed by atoms with Gasteiger partial charge in [-0.3, -0.25) is 4.68 Å². The average molecular weight is 230 g/mol. The van der Waals surface area contributed by atoms with E-state index in [2.05, 4.69) is 10.00 Å². The van der Waals surface area contributed by atoms with Gasteiger partial charge in [0.2, 0.25) is 0 Å². The van der Waals surface area contributed by atoms with Crippen molar-refractivity contribution < 1.29 is 4.74 Å². The fraction of sp³-hybridized carbons (Fsp3) is 0.700. The fourth-order valence-corrected chi connectivity index (χ4v) is 2.31. The zero-order chi connectivity index (χ0) is 11.0. The van der Waals surface area contributed by atoms with Crippen molar-refractivity contribution in [2.75, 3.05) is 25.1 Å². The summed E-state index contributed by atoms with van der Waals surface area (Å²) in [6.07, 6.45) is 0.350. The molecule has 0 aliphatic carbocycles. The van der Waals surface area contributed by atoms with Gasteiger partial charge in [-0.1, -0.05) is 0 Å². The number of nitrogens with zero attached hydrogens (tertiary/aromatic N) is 3. The predicted octanol–water partition coefficient (Wildman–Crippen LogP) is 1.30. The number of ether oxygens (including phenoxy) is 1. The molecule has 0 saturated carbocycles. The first-order chi connectivity index (χ1) is 7.17. The number of anilines is 1. The van der Waals surface area contributed by atoms with E-state index in [4.69, 9.17) is 16.3 Å². The van der Waals surface area contributed by atoms with E-state index < -0.39 is 0 Å². The van der Waals surface area contributed by atoms with Gasteiger partial charge in [0.15, 0.2) is 0 Å². The topological polar surface area (TPSA) is 30.3 Å². The zero-order valence-electron chi connectivity index (χ0n) is 9.33. The van der Waals surface area contributed by atoms with Crippen LogP contribution in [0.4, 0.5) is 5.82 Å². The van der Waals surface area contributed by atoms with E-state index in [0.717, 1.165) is 30.2 Å². The molecule has 2 heterocycles. The molecular weight excluding hydrogens is 214 g/mol. The monoisotopic (exact) mass is 229 g/mol. The second kappa shape index (κ2) is 4.02. The number of aryl methyl sites for hydroxylation is 2. The smallest absolute Gasteiger partial charge is 0.131 e. The standard InChI is InChI=1S/C10H16ClN3O/c1-7-9(4-11)10(13(2)12-7)14-5-8(6-14)15-3/h8H,4-6H2,1-3H3. The molecule has 1 aliphatic heterocycles. The Morgan fingerprint density at radius 1 is 1.53 bits per heavy atom. The highest BCUT2D eigenvalue weighted by Gasteiger charge is 2.30. The van der Waals surface area contributed by atoms with Crippen LogP contribution in [0, 0.1) is 6.92 Å². The third-order valence-electron chi connectivity index (χ3n) is 2.93. The molecule has 1 aromatic heterocycles. The van der Waals surface area contributed by atoms with Crippen LogP contribution >= 0.6 is 11.6 Å². The van der Waals surface area contributed by atoms with E-state index in [1.165, 1.54) is 0 Å². The van der Waals surface area contributed by atoms with Crippen molar-refractivity contribution in [3.63, 3.8) is 0 Å². The molecule has 1 fully saturated rings. The molecule has 15 heavy (non-hydrogen) atoms. The largest absolute Gasteiger partial charge is 0.378 e. The van der Waals surface area contributed by atoms with Crippen LogP contribution in [-0.2, 0) is 17.7 Å². The second-order valence-electron chi connectivity index (χ2n) is 3.91. The molecule has 0 spiro atoms. The molecular formula is C10H16ClN3O. The molecule has 0 bridgehead atoms. The van der Waals surface area contributed by atoms with E-state index in [9.17, 15) is 0 Å². The van der Waals surface area contributed by atoms with Gasteiger partial charge in [0.25, 0.3) is 0 Å². The molecule has 2 rings (SSSR count). The van der Waals surface area contributed by atoms with Crippen LogP contribution in [-0.4, -0.2) is 36.1 Å². The number of halogens is 1. The number of hydrogen-bond donors (Lipinski definition) is 0. The van der Waals surface area contributed by atoms with Gasteiger partial charge in [-0.05, 0) is 6.92 Å². The lowest BCUT2D eigenvalue weighted by Crippen LogP contribution is -2.52. The molecule has 4 nitrogen and oxygen atoms in total. The van der Waals surface area contributed by atoms with Gasteiger partial charge in [0.05, 0.1) is 17.7 Å². The third kappa shape index (κ3) is 1.72. The van der Waals surface area contributed by atoms with Crippen LogP contribution in [0.1, 0.15) is 11.3 Å². The van der Waals surface area contributed by atoms with Gasteiger partial charge in [-0.15, -0.1) is 11.6 Å². The fourth-order valence-electron chi connectivity index (χ4n) is 2.00. The Bertz CT molecular complexity index is 358. The quantitative estimate of drug-likeness (QED) is 0.732. The maximum Gasteiger partial charge on any atom is 0.131 e. The zero-order valence-corrected chi connectivity index (χ0v) is 10.1. The highest BCUT2D eigenvalue weighted by Crippen LogP contribution is 2.28. The number of methoxy groups -OCH3 is 1. The molecule has 0 radical (unpaired) electrons. The molecule has 1 aromatic rings. The summed E-state index contributed by atoms with van der Waals surface area (Å²) in [5.74, 6) is 1.65. The van der Waals surface area contributed by atoms with Gasteiger partial charge < -0.3 is 9.64 Å². The summed E-state index contributed by atoms with van der Waals surface area (Å²) in [7, 11) is 3.71. The van der Waals surface area contributed by atoms with Crippen LogP contribution in [0.2, 0.25) is 0 Å². The maximum absolute atomic E-state index is 5.93. The van der Waals surface area contributed by atoms with Crippen LogP contribution in [0.25, 0.3) is 0 Å². The van der Waals surface area contributed by atoms with E-state index in [1.54, 1.807) is 7.11 Å². The van der Waals surface area contributed by atoms with Gasteiger partial charge in [0, 0.05) is 32.8 Å². The van der Waals surface area contributed by atoms with Crippen molar-refractivity contribution in [1.82, 2.24) is 9.78 Å². The molecule has 0 amide bonds. The Labute approximate surface area is 94.8 Å². The Hall–Kier alpha value is -0.740. The molecule has 1 aliphatic rings. The third-order valence-corrected chi connectivity index (χ3v) is 3.19. The molecule has 0 atom stereocenters. The summed E-state index contributed by atoms with van der Waals surface area (Å²) in [5.41, 5.74) is 2.15. The first-order valence-electron chi connectivity index (χ1n) is 5.03. The Morgan fingerprint density at radius 3 is 2.73 bits per heavy atom. The molecule has 0 unspecified atom stereocenters. The lowest BCUT2D eigenvalue weighted by atomic mass is 10.1. The molecule has 0 aromatic carbocycles. The molecule has 1 saturated heterocycles. The molecule has 5 heteroatoms. The van der Waals surface area contributed by atoms with E-state index in [0.29, 0.717) is 12.0 Å².